The molecule has 0 radical (unpaired) electrons. The van der Waals surface area contributed by atoms with Crippen molar-refractivity contribution in [1.82, 2.24) is 4.90 Å². The minimum absolute atomic E-state index is 0.316. The zero-order chi connectivity index (χ0) is 18.5. The Morgan fingerprint density at radius 3 is 2.52 bits per heavy atom. The normalized spacial score (nSPS) is 20.3. The van der Waals surface area contributed by atoms with Crippen molar-refractivity contribution >= 4 is 5.91 Å². The van der Waals surface area contributed by atoms with Crippen molar-refractivity contribution in [1.29, 1.82) is 0 Å². The Kier molecular flexibility index (Phi) is 5.88. The van der Waals surface area contributed by atoms with Gasteiger partial charge >= 0.3 is 0 Å². The van der Waals surface area contributed by atoms with Crippen LogP contribution < -0.4 is 5.32 Å². The highest BCUT2D eigenvalue weighted by Gasteiger charge is 2.27. The summed E-state index contributed by atoms with van der Waals surface area (Å²) in [6.07, 6.45) is 7.01. The quantitative estimate of drug-likeness (QED) is 0.871. The summed E-state index contributed by atoms with van der Waals surface area (Å²) in [6.45, 7) is 2.43. The number of carbonyl (C=O) groups is 1. The fourth-order valence-electron chi connectivity index (χ4n) is 4.74. The number of benzene rings is 2. The number of nitrogens with zero attached hydrogens (tertiary/aromatic N) is 1. The lowest BCUT2D eigenvalue weighted by Gasteiger charge is -2.32. The summed E-state index contributed by atoms with van der Waals surface area (Å²) in [5.74, 6) is 1.03. The molecule has 2 aliphatic rings. The average molecular weight is 364 g/mol. The topological polar surface area (TPSA) is 36.9 Å². The smallest absolute Gasteiger partial charge is 0.277 e. The van der Waals surface area contributed by atoms with Gasteiger partial charge in [-0.25, -0.2) is 0 Å². The van der Waals surface area contributed by atoms with Crippen LogP contribution in [0.5, 0.6) is 0 Å². The van der Waals surface area contributed by atoms with E-state index in [-0.39, 0.29) is 0 Å². The van der Waals surface area contributed by atoms with Crippen LogP contribution in [0.4, 0.5) is 0 Å². The Bertz CT molecular complexity index is 750. The first-order chi connectivity index (χ1) is 13.3. The van der Waals surface area contributed by atoms with Crippen LogP contribution in [0.3, 0.4) is 0 Å². The van der Waals surface area contributed by atoms with Crippen LogP contribution in [0.2, 0.25) is 0 Å². The number of carbonyl (C=O) groups excluding carboxylic acids is 1. The van der Waals surface area contributed by atoms with Gasteiger partial charge in [-0.3, -0.25) is 4.79 Å². The molecular formula is C24H31N2O+. The number of aryl methyl sites for hydroxylation is 1. The largest absolute Gasteiger partial charge is 0.338 e. The molecule has 3 heteroatoms. The molecule has 1 atom stereocenters. The number of amides is 1. The second-order valence-corrected chi connectivity index (χ2v) is 8.15. The molecule has 3 nitrogen and oxygen atoms in total. The number of likely N-dealkylation sites (tertiary alicyclic amines) is 1. The van der Waals surface area contributed by atoms with Crippen LogP contribution in [0.1, 0.15) is 48.4 Å². The van der Waals surface area contributed by atoms with E-state index in [9.17, 15) is 4.79 Å². The molecule has 1 aliphatic carbocycles. The van der Waals surface area contributed by atoms with Gasteiger partial charge in [-0.05, 0) is 49.1 Å². The van der Waals surface area contributed by atoms with Gasteiger partial charge in [0.05, 0.1) is 0 Å². The zero-order valence-electron chi connectivity index (χ0n) is 16.1. The lowest BCUT2D eigenvalue weighted by Crippen LogP contribution is -2.88. The maximum atomic E-state index is 12.7. The third-order valence-corrected chi connectivity index (χ3v) is 6.33. The van der Waals surface area contributed by atoms with Gasteiger partial charge in [0.1, 0.15) is 6.04 Å². The van der Waals surface area contributed by atoms with Gasteiger partial charge in [0.25, 0.3) is 5.91 Å². The van der Waals surface area contributed by atoms with Gasteiger partial charge in [0.15, 0.2) is 6.54 Å². The number of nitrogens with two attached hydrogens (primary N) is 1. The predicted molar refractivity (Wildman–Crippen MR) is 108 cm³/mol. The average Bonchev–Trinajstić information content (AvgIpc) is 2.73. The van der Waals surface area contributed by atoms with E-state index in [1.165, 1.54) is 36.0 Å². The summed E-state index contributed by atoms with van der Waals surface area (Å²) in [5.41, 5.74) is 4.34. The molecule has 142 valence electrons. The predicted octanol–water partition coefficient (Wildman–Crippen LogP) is 3.11. The van der Waals surface area contributed by atoms with Crippen molar-refractivity contribution in [3.63, 3.8) is 0 Å². The standard InChI is InChI=1S/C24H30N2O/c27-24(18-25-23-12-6-10-21-9-4-5-11-22(21)23)26-15-13-20(14-16-26)17-19-7-2-1-3-8-19/h1-5,7-9,11,20,23,25H,6,10,12-18H2/p+1/t23-/m0/s1. The summed E-state index contributed by atoms with van der Waals surface area (Å²) >= 11 is 0. The van der Waals surface area contributed by atoms with Gasteiger partial charge in [-0.15, -0.1) is 0 Å². The molecule has 1 amide bonds. The number of piperidine rings is 1. The molecule has 0 aromatic heterocycles. The van der Waals surface area contributed by atoms with E-state index in [0.29, 0.717) is 24.4 Å². The highest BCUT2D eigenvalue weighted by molar-refractivity contribution is 5.77. The summed E-state index contributed by atoms with van der Waals surface area (Å²) in [6, 6.07) is 19.9. The molecule has 1 saturated heterocycles. The van der Waals surface area contributed by atoms with Crippen LogP contribution in [0.25, 0.3) is 0 Å². The molecule has 2 aromatic carbocycles. The lowest BCUT2D eigenvalue weighted by atomic mass is 9.87. The van der Waals surface area contributed by atoms with E-state index < -0.39 is 0 Å². The van der Waals surface area contributed by atoms with Crippen LogP contribution in [-0.2, 0) is 17.6 Å². The Morgan fingerprint density at radius 1 is 0.963 bits per heavy atom. The monoisotopic (exact) mass is 363 g/mol. The summed E-state index contributed by atoms with van der Waals surface area (Å²) in [4.78, 5) is 14.8. The van der Waals surface area contributed by atoms with Crippen LogP contribution >= 0.6 is 0 Å². The Balaban J connectivity index is 1.24. The maximum absolute atomic E-state index is 12.7. The number of hydrogen-bond donors (Lipinski definition) is 1. The van der Waals surface area contributed by atoms with Gasteiger partial charge in [-0.1, -0.05) is 54.6 Å². The highest BCUT2D eigenvalue weighted by Crippen LogP contribution is 2.26. The highest BCUT2D eigenvalue weighted by atomic mass is 16.2. The fraction of sp³-hybridized carbons (Fsp3) is 0.458. The zero-order valence-corrected chi connectivity index (χ0v) is 16.1. The molecule has 2 aromatic rings. The minimum atomic E-state index is 0.316. The van der Waals surface area contributed by atoms with Gasteiger partial charge in [0, 0.05) is 25.1 Å². The fourth-order valence-corrected chi connectivity index (χ4v) is 4.74. The second-order valence-electron chi connectivity index (χ2n) is 8.15. The minimum Gasteiger partial charge on any atom is -0.338 e. The first-order valence-corrected chi connectivity index (χ1v) is 10.5. The molecular weight excluding hydrogens is 332 g/mol. The number of rotatable bonds is 5. The van der Waals surface area contributed by atoms with E-state index >= 15 is 0 Å². The molecule has 2 N–H and O–H groups in total. The Labute approximate surface area is 162 Å². The summed E-state index contributed by atoms with van der Waals surface area (Å²) in [7, 11) is 0. The van der Waals surface area contributed by atoms with E-state index in [0.717, 1.165) is 32.4 Å². The first-order valence-electron chi connectivity index (χ1n) is 10.5. The molecule has 1 aliphatic heterocycles. The van der Waals surface area contributed by atoms with Gasteiger partial charge in [0.2, 0.25) is 0 Å². The molecule has 1 heterocycles. The van der Waals surface area contributed by atoms with E-state index in [2.05, 4.69) is 64.8 Å². The van der Waals surface area contributed by atoms with Crippen molar-refractivity contribution in [3.05, 3.63) is 71.3 Å². The number of quaternary nitrogens is 1. The third kappa shape index (κ3) is 4.59. The van der Waals surface area contributed by atoms with E-state index in [1.54, 1.807) is 0 Å². The molecule has 0 saturated carbocycles. The van der Waals surface area contributed by atoms with Crippen LogP contribution in [0.15, 0.2) is 54.6 Å². The van der Waals surface area contributed by atoms with Crippen LogP contribution in [0, 0.1) is 5.92 Å². The summed E-state index contributed by atoms with van der Waals surface area (Å²) < 4.78 is 0. The molecule has 0 spiro atoms. The molecule has 0 bridgehead atoms. The first kappa shape index (κ1) is 18.2. The summed E-state index contributed by atoms with van der Waals surface area (Å²) in [5, 5.41) is 2.27. The Morgan fingerprint density at radius 2 is 1.70 bits per heavy atom. The Hall–Kier alpha value is -2.13. The molecule has 0 unspecified atom stereocenters. The van der Waals surface area contributed by atoms with Crippen molar-refractivity contribution in [2.75, 3.05) is 19.6 Å². The molecule has 4 rings (SSSR count). The SMILES string of the molecule is O=C(C[NH2+][C@H]1CCCc2ccccc21)N1CCC(Cc2ccccc2)CC1. The lowest BCUT2D eigenvalue weighted by molar-refractivity contribution is -0.687. The van der Waals surface area contributed by atoms with E-state index in [4.69, 9.17) is 0 Å². The number of hydrogen-bond acceptors (Lipinski definition) is 1. The van der Waals surface area contributed by atoms with Gasteiger partial charge < -0.3 is 10.2 Å². The molecule has 27 heavy (non-hydrogen) atoms. The van der Waals surface area contributed by atoms with E-state index in [1.807, 2.05) is 0 Å². The van der Waals surface area contributed by atoms with Crippen LogP contribution in [-0.4, -0.2) is 30.4 Å². The van der Waals surface area contributed by atoms with Crippen molar-refractivity contribution < 1.29 is 10.1 Å². The maximum Gasteiger partial charge on any atom is 0.277 e. The van der Waals surface area contributed by atoms with Gasteiger partial charge in [-0.2, -0.15) is 0 Å². The number of fused-ring (bicyclic) bond motifs is 1. The second kappa shape index (κ2) is 8.71. The van der Waals surface area contributed by atoms with Crippen molar-refractivity contribution in [3.8, 4) is 0 Å². The van der Waals surface area contributed by atoms with Crippen molar-refractivity contribution in [2.24, 2.45) is 5.92 Å². The van der Waals surface area contributed by atoms with Crippen molar-refractivity contribution in [2.45, 2.75) is 44.6 Å². The molecule has 1 fully saturated rings. The third-order valence-electron chi connectivity index (χ3n) is 6.33.